The summed E-state index contributed by atoms with van der Waals surface area (Å²) in [6.45, 7) is 9.15. The van der Waals surface area contributed by atoms with Crippen LogP contribution in [0.25, 0.3) is 0 Å². The summed E-state index contributed by atoms with van der Waals surface area (Å²) in [5.74, 6) is -0.347. The van der Waals surface area contributed by atoms with E-state index in [0.717, 1.165) is 16.0 Å². The first-order valence-corrected chi connectivity index (χ1v) is 9.12. The highest BCUT2D eigenvalue weighted by Gasteiger charge is 2.54. The van der Waals surface area contributed by atoms with E-state index in [0.29, 0.717) is 17.1 Å². The molecule has 0 unspecified atom stereocenters. The smallest absolute Gasteiger partial charge is 0.421 e. The van der Waals surface area contributed by atoms with E-state index in [1.54, 1.807) is 51.1 Å². The van der Waals surface area contributed by atoms with E-state index in [1.807, 2.05) is 24.3 Å². The Bertz CT molecular complexity index is 899. The molecule has 140 valence electrons. The lowest BCUT2D eigenvalue weighted by Gasteiger charge is -2.29. The van der Waals surface area contributed by atoms with Gasteiger partial charge in [-0.1, -0.05) is 48.0 Å². The van der Waals surface area contributed by atoms with Crippen LogP contribution in [0, 0.1) is 0 Å². The standard InChI is InChI=1S/C22H22ClNO3/c1-5-14-22(15-10-12-16(23)13-11-15)17-8-6-7-9-18(17)24(19(22)25)20(26)27-21(2,3)4/h5-13H,1,14H2,2-4H3/t22-/m1/s1. The Hall–Kier alpha value is -2.59. The van der Waals surface area contributed by atoms with Gasteiger partial charge in [0.05, 0.1) is 5.69 Å². The molecule has 2 amide bonds. The van der Waals surface area contributed by atoms with Crippen LogP contribution in [-0.4, -0.2) is 17.6 Å². The van der Waals surface area contributed by atoms with Gasteiger partial charge in [0.1, 0.15) is 11.0 Å². The third-order valence-corrected chi connectivity index (χ3v) is 4.79. The Kier molecular flexibility index (Phi) is 4.87. The van der Waals surface area contributed by atoms with Crippen molar-refractivity contribution in [2.45, 2.75) is 38.2 Å². The van der Waals surface area contributed by atoms with Gasteiger partial charge in [-0.25, -0.2) is 9.69 Å². The van der Waals surface area contributed by atoms with Gasteiger partial charge in [0.25, 0.3) is 5.91 Å². The lowest BCUT2D eigenvalue weighted by Crippen LogP contribution is -2.45. The summed E-state index contributed by atoms with van der Waals surface area (Å²) in [6.07, 6.45) is 1.37. The first kappa shape index (κ1) is 19.2. The van der Waals surface area contributed by atoms with Gasteiger partial charge in [0, 0.05) is 5.02 Å². The average Bonchev–Trinajstić information content (AvgIpc) is 2.84. The normalized spacial score (nSPS) is 19.0. The maximum Gasteiger partial charge on any atom is 0.421 e. The molecule has 2 aromatic carbocycles. The minimum atomic E-state index is -1.04. The molecule has 4 nitrogen and oxygen atoms in total. The molecule has 0 spiro atoms. The molecule has 0 N–H and O–H groups in total. The summed E-state index contributed by atoms with van der Waals surface area (Å²) in [6, 6.07) is 14.4. The molecule has 27 heavy (non-hydrogen) atoms. The summed E-state index contributed by atoms with van der Waals surface area (Å²) in [4.78, 5) is 27.6. The SMILES string of the molecule is C=CC[C@]1(c2ccc(Cl)cc2)C(=O)N(C(=O)OC(C)(C)C)c2ccccc21. The molecule has 0 saturated heterocycles. The molecule has 0 radical (unpaired) electrons. The summed E-state index contributed by atoms with van der Waals surface area (Å²) >= 11 is 6.04. The zero-order chi connectivity index (χ0) is 19.8. The highest BCUT2D eigenvalue weighted by Crippen LogP contribution is 2.49. The van der Waals surface area contributed by atoms with Crippen LogP contribution in [0.5, 0.6) is 0 Å². The second-order valence-corrected chi connectivity index (χ2v) is 7.98. The second-order valence-electron chi connectivity index (χ2n) is 7.54. The summed E-state index contributed by atoms with van der Waals surface area (Å²) in [5, 5.41) is 0.579. The number of carbonyl (C=O) groups excluding carboxylic acids is 2. The van der Waals surface area contributed by atoms with Crippen LogP contribution < -0.4 is 4.90 Å². The van der Waals surface area contributed by atoms with Gasteiger partial charge in [-0.3, -0.25) is 4.79 Å². The summed E-state index contributed by atoms with van der Waals surface area (Å²) in [7, 11) is 0. The predicted octanol–water partition coefficient (Wildman–Crippen LogP) is 5.48. The number of hydrogen-bond donors (Lipinski definition) is 0. The van der Waals surface area contributed by atoms with Crippen LogP contribution >= 0.6 is 11.6 Å². The van der Waals surface area contributed by atoms with Gasteiger partial charge >= 0.3 is 6.09 Å². The fourth-order valence-corrected chi connectivity index (χ4v) is 3.60. The van der Waals surface area contributed by atoms with Gasteiger partial charge in [0.15, 0.2) is 0 Å². The minimum absolute atomic E-state index is 0.347. The Morgan fingerprint density at radius 2 is 1.81 bits per heavy atom. The maximum absolute atomic E-state index is 13.6. The number of hydrogen-bond acceptors (Lipinski definition) is 3. The first-order valence-electron chi connectivity index (χ1n) is 8.75. The summed E-state index contributed by atoms with van der Waals surface area (Å²) in [5.41, 5.74) is 0.294. The number of carbonyl (C=O) groups is 2. The number of rotatable bonds is 3. The topological polar surface area (TPSA) is 46.6 Å². The number of allylic oxidation sites excluding steroid dienone is 1. The average molecular weight is 384 g/mol. The second kappa shape index (κ2) is 6.86. The predicted molar refractivity (Wildman–Crippen MR) is 107 cm³/mol. The lowest BCUT2D eigenvalue weighted by molar-refractivity contribution is -0.121. The molecule has 1 atom stereocenters. The van der Waals surface area contributed by atoms with Crippen molar-refractivity contribution in [3.05, 3.63) is 77.3 Å². The highest BCUT2D eigenvalue weighted by molar-refractivity contribution is 6.30. The summed E-state index contributed by atoms with van der Waals surface area (Å²) < 4.78 is 5.49. The number of fused-ring (bicyclic) bond motifs is 1. The van der Waals surface area contributed by atoms with Crippen molar-refractivity contribution in [1.82, 2.24) is 0 Å². The van der Waals surface area contributed by atoms with Crippen molar-refractivity contribution in [3.63, 3.8) is 0 Å². The van der Waals surface area contributed by atoms with Crippen molar-refractivity contribution in [2.75, 3.05) is 4.90 Å². The number of halogens is 1. The lowest BCUT2D eigenvalue weighted by atomic mass is 9.73. The van der Waals surface area contributed by atoms with E-state index in [4.69, 9.17) is 16.3 Å². The molecule has 1 aliphatic rings. The Balaban J connectivity index is 2.20. The molecule has 5 heteroatoms. The maximum atomic E-state index is 13.6. The monoisotopic (exact) mass is 383 g/mol. The van der Waals surface area contributed by atoms with Crippen LogP contribution in [-0.2, 0) is 14.9 Å². The molecule has 0 saturated carbocycles. The molecule has 2 aromatic rings. The fraction of sp³-hybridized carbons (Fsp3) is 0.273. The van der Waals surface area contributed by atoms with E-state index in [9.17, 15) is 9.59 Å². The largest absolute Gasteiger partial charge is 0.443 e. The van der Waals surface area contributed by atoms with Gasteiger partial charge in [-0.2, -0.15) is 0 Å². The van der Waals surface area contributed by atoms with E-state index < -0.39 is 17.1 Å². The Labute approximate surface area is 164 Å². The van der Waals surface area contributed by atoms with Crippen LogP contribution in [0.2, 0.25) is 5.02 Å². The Morgan fingerprint density at radius 1 is 1.19 bits per heavy atom. The van der Waals surface area contributed by atoms with Crippen molar-refractivity contribution in [3.8, 4) is 0 Å². The van der Waals surface area contributed by atoms with Crippen LogP contribution in [0.4, 0.5) is 10.5 Å². The molecular formula is C22H22ClNO3. The van der Waals surface area contributed by atoms with Crippen LogP contribution in [0.15, 0.2) is 61.2 Å². The first-order chi connectivity index (χ1) is 12.7. The van der Waals surface area contributed by atoms with Crippen molar-refractivity contribution >= 4 is 29.3 Å². The minimum Gasteiger partial charge on any atom is -0.443 e. The number of nitrogens with zero attached hydrogens (tertiary/aromatic N) is 1. The van der Waals surface area contributed by atoms with Crippen LogP contribution in [0.3, 0.4) is 0 Å². The van der Waals surface area contributed by atoms with Gasteiger partial charge in [-0.05, 0) is 56.5 Å². The van der Waals surface area contributed by atoms with Crippen molar-refractivity contribution < 1.29 is 14.3 Å². The van der Waals surface area contributed by atoms with Crippen LogP contribution in [0.1, 0.15) is 38.3 Å². The fourth-order valence-electron chi connectivity index (χ4n) is 3.48. The van der Waals surface area contributed by atoms with Gasteiger partial charge in [-0.15, -0.1) is 6.58 Å². The third kappa shape index (κ3) is 3.26. The third-order valence-electron chi connectivity index (χ3n) is 4.54. The zero-order valence-corrected chi connectivity index (χ0v) is 16.4. The number of ether oxygens (including phenoxy) is 1. The molecule has 0 aromatic heterocycles. The van der Waals surface area contributed by atoms with Crippen molar-refractivity contribution in [1.29, 1.82) is 0 Å². The number of benzene rings is 2. The van der Waals surface area contributed by atoms with E-state index in [2.05, 4.69) is 6.58 Å². The molecule has 0 bridgehead atoms. The molecular weight excluding hydrogens is 362 g/mol. The van der Waals surface area contributed by atoms with Crippen molar-refractivity contribution in [2.24, 2.45) is 0 Å². The molecule has 1 aliphatic heterocycles. The number of anilines is 1. The Morgan fingerprint density at radius 3 is 2.41 bits per heavy atom. The van der Waals surface area contributed by atoms with E-state index in [-0.39, 0.29) is 5.91 Å². The molecule has 1 heterocycles. The molecule has 0 fully saturated rings. The van der Waals surface area contributed by atoms with Gasteiger partial charge < -0.3 is 4.74 Å². The number of para-hydroxylation sites is 1. The highest BCUT2D eigenvalue weighted by atomic mass is 35.5. The quantitative estimate of drug-likeness (QED) is 0.659. The zero-order valence-electron chi connectivity index (χ0n) is 15.7. The molecule has 3 rings (SSSR count). The number of amides is 2. The van der Waals surface area contributed by atoms with E-state index >= 15 is 0 Å². The molecule has 0 aliphatic carbocycles. The van der Waals surface area contributed by atoms with E-state index in [1.165, 1.54) is 0 Å². The van der Waals surface area contributed by atoms with Gasteiger partial charge in [0.2, 0.25) is 0 Å². The number of imide groups is 1.